The molecule has 3 heterocycles. The Hall–Kier alpha value is -2.89. The van der Waals surface area contributed by atoms with Crippen molar-refractivity contribution in [1.29, 1.82) is 0 Å². The predicted molar refractivity (Wildman–Crippen MR) is 96.7 cm³/mol. The van der Waals surface area contributed by atoms with Gasteiger partial charge in [-0.05, 0) is 36.6 Å². The van der Waals surface area contributed by atoms with E-state index >= 15 is 0 Å². The highest BCUT2D eigenvalue weighted by Gasteiger charge is 2.30. The molecule has 6 heteroatoms. The van der Waals surface area contributed by atoms with Gasteiger partial charge in [-0.3, -0.25) is 9.59 Å². The molecule has 2 aliphatic heterocycles. The van der Waals surface area contributed by atoms with E-state index in [2.05, 4.69) is 20.5 Å². The lowest BCUT2D eigenvalue weighted by Crippen LogP contribution is -2.30. The maximum absolute atomic E-state index is 12.7. The zero-order valence-electron chi connectivity index (χ0n) is 13.9. The number of pyridine rings is 1. The van der Waals surface area contributed by atoms with E-state index in [-0.39, 0.29) is 18.2 Å². The third-order valence-electron chi connectivity index (χ3n) is 4.76. The summed E-state index contributed by atoms with van der Waals surface area (Å²) in [5.41, 5.74) is 2.21. The molecule has 1 aromatic heterocycles. The molecule has 2 amide bonds. The summed E-state index contributed by atoms with van der Waals surface area (Å²) in [7, 11) is 0. The lowest BCUT2D eigenvalue weighted by Gasteiger charge is -2.24. The number of hydrogen-bond donors (Lipinski definition) is 2. The van der Waals surface area contributed by atoms with Crippen molar-refractivity contribution in [3.8, 4) is 0 Å². The number of hydrogen-bond acceptors (Lipinski definition) is 4. The van der Waals surface area contributed by atoms with Crippen LogP contribution in [-0.4, -0.2) is 29.9 Å². The summed E-state index contributed by atoms with van der Waals surface area (Å²) in [4.78, 5) is 31.3. The summed E-state index contributed by atoms with van der Waals surface area (Å²) in [6.45, 7) is 2.07. The molecule has 25 heavy (non-hydrogen) atoms. The Balaban J connectivity index is 1.49. The molecule has 0 unspecified atom stereocenters. The molecule has 0 spiro atoms. The van der Waals surface area contributed by atoms with Crippen LogP contribution in [0, 0.1) is 0 Å². The highest BCUT2D eigenvalue weighted by Crippen LogP contribution is 2.32. The molecule has 2 aromatic rings. The standard InChI is InChI=1S/C19H20N4O2/c24-18-11-15(14-5-1-2-6-16(14)22-18)19(25)21-13-7-8-17(20-12-13)23-9-3-4-10-23/h1-2,5-8,12,15H,3-4,9-11H2,(H,21,25)(H,22,24)/t15-/m1/s1. The number of amides is 2. The molecule has 0 aliphatic carbocycles. The summed E-state index contributed by atoms with van der Waals surface area (Å²) in [6, 6.07) is 11.2. The maximum Gasteiger partial charge on any atom is 0.232 e. The fourth-order valence-corrected chi connectivity index (χ4v) is 3.47. The van der Waals surface area contributed by atoms with Crippen molar-refractivity contribution in [2.24, 2.45) is 0 Å². The number of carbonyl (C=O) groups is 2. The van der Waals surface area contributed by atoms with Gasteiger partial charge in [-0.25, -0.2) is 4.98 Å². The molecule has 1 atom stereocenters. The molecular formula is C19H20N4O2. The van der Waals surface area contributed by atoms with Gasteiger partial charge in [0.25, 0.3) is 0 Å². The van der Waals surface area contributed by atoms with Crippen molar-refractivity contribution >= 4 is 29.0 Å². The summed E-state index contributed by atoms with van der Waals surface area (Å²) < 4.78 is 0. The van der Waals surface area contributed by atoms with E-state index in [4.69, 9.17) is 0 Å². The Labute approximate surface area is 146 Å². The van der Waals surface area contributed by atoms with Gasteiger partial charge < -0.3 is 15.5 Å². The lowest BCUT2D eigenvalue weighted by molar-refractivity contribution is -0.123. The highest BCUT2D eigenvalue weighted by molar-refractivity contribution is 6.05. The number of fused-ring (bicyclic) bond motifs is 1. The van der Waals surface area contributed by atoms with E-state index < -0.39 is 5.92 Å². The first-order valence-corrected chi connectivity index (χ1v) is 8.61. The van der Waals surface area contributed by atoms with Crippen LogP contribution in [0.5, 0.6) is 0 Å². The Morgan fingerprint density at radius 2 is 1.96 bits per heavy atom. The minimum Gasteiger partial charge on any atom is -0.357 e. The lowest BCUT2D eigenvalue weighted by atomic mass is 9.90. The number of anilines is 3. The largest absolute Gasteiger partial charge is 0.357 e. The average molecular weight is 336 g/mol. The van der Waals surface area contributed by atoms with Crippen LogP contribution in [0.2, 0.25) is 0 Å². The Kier molecular flexibility index (Phi) is 4.09. The van der Waals surface area contributed by atoms with Crippen LogP contribution in [0.3, 0.4) is 0 Å². The van der Waals surface area contributed by atoms with Crippen LogP contribution in [0.4, 0.5) is 17.2 Å². The van der Waals surface area contributed by atoms with Crippen LogP contribution >= 0.6 is 0 Å². The quantitative estimate of drug-likeness (QED) is 0.904. The third-order valence-corrected chi connectivity index (χ3v) is 4.76. The first-order chi connectivity index (χ1) is 12.2. The minimum atomic E-state index is -0.483. The molecule has 0 radical (unpaired) electrons. The van der Waals surface area contributed by atoms with E-state index in [1.807, 2.05) is 36.4 Å². The fourth-order valence-electron chi connectivity index (χ4n) is 3.47. The van der Waals surface area contributed by atoms with E-state index in [0.29, 0.717) is 11.4 Å². The molecular weight excluding hydrogens is 316 g/mol. The number of nitrogens with one attached hydrogen (secondary N) is 2. The van der Waals surface area contributed by atoms with Crippen molar-refractivity contribution in [2.45, 2.75) is 25.2 Å². The second-order valence-corrected chi connectivity index (χ2v) is 6.48. The van der Waals surface area contributed by atoms with Gasteiger partial charge in [-0.2, -0.15) is 0 Å². The first kappa shape index (κ1) is 15.6. The molecule has 4 rings (SSSR count). The van der Waals surface area contributed by atoms with Crippen molar-refractivity contribution in [3.63, 3.8) is 0 Å². The molecule has 2 N–H and O–H groups in total. The van der Waals surface area contributed by atoms with E-state index in [1.165, 1.54) is 12.8 Å². The van der Waals surface area contributed by atoms with Crippen molar-refractivity contribution in [3.05, 3.63) is 48.2 Å². The topological polar surface area (TPSA) is 74.3 Å². The average Bonchev–Trinajstić information content (AvgIpc) is 3.16. The number of rotatable bonds is 3. The van der Waals surface area contributed by atoms with Gasteiger partial charge in [0.05, 0.1) is 17.8 Å². The second-order valence-electron chi connectivity index (χ2n) is 6.48. The van der Waals surface area contributed by atoms with Gasteiger partial charge in [-0.15, -0.1) is 0 Å². The van der Waals surface area contributed by atoms with Gasteiger partial charge in [0.1, 0.15) is 5.82 Å². The molecule has 1 saturated heterocycles. The van der Waals surface area contributed by atoms with E-state index in [9.17, 15) is 9.59 Å². The van der Waals surface area contributed by atoms with E-state index in [1.54, 1.807) is 6.20 Å². The van der Waals surface area contributed by atoms with Crippen molar-refractivity contribution in [2.75, 3.05) is 28.6 Å². The summed E-state index contributed by atoms with van der Waals surface area (Å²) in [6.07, 6.45) is 4.23. The van der Waals surface area contributed by atoms with Gasteiger partial charge in [0, 0.05) is 25.2 Å². The third kappa shape index (κ3) is 3.20. The first-order valence-electron chi connectivity index (χ1n) is 8.61. The SMILES string of the molecule is O=C1C[C@@H](C(=O)Nc2ccc(N3CCCC3)nc2)c2ccccc2N1. The highest BCUT2D eigenvalue weighted by atomic mass is 16.2. The number of aromatic nitrogens is 1. The van der Waals surface area contributed by atoms with Crippen LogP contribution in [0.25, 0.3) is 0 Å². The number of benzene rings is 1. The summed E-state index contributed by atoms with van der Waals surface area (Å²) in [5, 5.41) is 5.70. The molecule has 1 fully saturated rings. The number of para-hydroxylation sites is 1. The van der Waals surface area contributed by atoms with Crippen LogP contribution in [0.15, 0.2) is 42.6 Å². The summed E-state index contributed by atoms with van der Waals surface area (Å²) in [5.74, 6) is 0.139. The maximum atomic E-state index is 12.7. The zero-order valence-corrected chi connectivity index (χ0v) is 13.9. The van der Waals surface area contributed by atoms with Crippen LogP contribution < -0.4 is 15.5 Å². The Morgan fingerprint density at radius 3 is 2.72 bits per heavy atom. The minimum absolute atomic E-state index is 0.138. The zero-order chi connectivity index (χ0) is 17.2. The van der Waals surface area contributed by atoms with Gasteiger partial charge in [0.15, 0.2) is 0 Å². The molecule has 6 nitrogen and oxygen atoms in total. The number of carbonyl (C=O) groups excluding carboxylic acids is 2. The molecule has 1 aromatic carbocycles. The van der Waals surface area contributed by atoms with Gasteiger partial charge in [0.2, 0.25) is 11.8 Å². The smallest absolute Gasteiger partial charge is 0.232 e. The van der Waals surface area contributed by atoms with Crippen molar-refractivity contribution in [1.82, 2.24) is 4.98 Å². The molecule has 0 saturated carbocycles. The normalized spacial score (nSPS) is 19.3. The van der Waals surface area contributed by atoms with Gasteiger partial charge >= 0.3 is 0 Å². The molecule has 128 valence electrons. The monoisotopic (exact) mass is 336 g/mol. The van der Waals surface area contributed by atoms with Crippen LogP contribution in [0.1, 0.15) is 30.7 Å². The predicted octanol–water partition coefficient (Wildman–Crippen LogP) is 2.75. The number of nitrogens with zero attached hydrogens (tertiary/aromatic N) is 2. The fraction of sp³-hybridized carbons (Fsp3) is 0.316. The summed E-state index contributed by atoms with van der Waals surface area (Å²) >= 11 is 0. The molecule has 0 bridgehead atoms. The van der Waals surface area contributed by atoms with Crippen LogP contribution in [-0.2, 0) is 9.59 Å². The second kappa shape index (κ2) is 6.55. The van der Waals surface area contributed by atoms with E-state index in [0.717, 1.165) is 24.5 Å². The Morgan fingerprint density at radius 1 is 1.16 bits per heavy atom. The Bertz CT molecular complexity index is 797. The van der Waals surface area contributed by atoms with Gasteiger partial charge in [-0.1, -0.05) is 18.2 Å². The van der Waals surface area contributed by atoms with Crippen molar-refractivity contribution < 1.29 is 9.59 Å². The molecule has 2 aliphatic rings.